The van der Waals surface area contributed by atoms with Gasteiger partial charge < -0.3 is 10.1 Å². The number of nitrogens with zero attached hydrogens (tertiary/aromatic N) is 1. The second-order valence-electron chi connectivity index (χ2n) is 7.27. The summed E-state index contributed by atoms with van der Waals surface area (Å²) in [6, 6.07) is 4.25. The first-order chi connectivity index (χ1) is 13.7. The maximum atomic E-state index is 13.1. The lowest BCUT2D eigenvalue weighted by Gasteiger charge is -2.34. The van der Waals surface area contributed by atoms with Crippen molar-refractivity contribution in [2.75, 3.05) is 18.9 Å². The number of carbonyl (C=O) groups is 2. The van der Waals surface area contributed by atoms with E-state index >= 15 is 0 Å². The predicted octanol–water partition coefficient (Wildman–Crippen LogP) is 2.59. The first kappa shape index (κ1) is 23.0. The lowest BCUT2D eigenvalue weighted by molar-refractivity contribution is -0.134. The first-order valence-electron chi connectivity index (χ1n) is 9.63. The van der Waals surface area contributed by atoms with Gasteiger partial charge in [0.2, 0.25) is 5.91 Å². The van der Waals surface area contributed by atoms with Gasteiger partial charge >= 0.3 is 16.3 Å². The lowest BCUT2D eigenvalue weighted by Crippen LogP contribution is -2.51. The van der Waals surface area contributed by atoms with Gasteiger partial charge in [0.15, 0.2) is 0 Å². The molecule has 0 heterocycles. The molecule has 162 valence electrons. The molecule has 2 rings (SSSR count). The molecule has 10 heteroatoms. The zero-order valence-electron chi connectivity index (χ0n) is 17.0. The van der Waals surface area contributed by atoms with E-state index in [-0.39, 0.29) is 23.4 Å². The Labute approximate surface area is 171 Å². The van der Waals surface area contributed by atoms with Gasteiger partial charge in [-0.1, -0.05) is 32.3 Å². The van der Waals surface area contributed by atoms with Crippen LogP contribution in [0.15, 0.2) is 18.2 Å². The standard InChI is InChI=1S/C19H29N3O6S/c1-13(18(23)22(19(24)20-2)15-7-5-4-6-8-15)11-14-9-10-17(28-3)16(12-14)21-29(25,26)27/h9-10,12-13,15,21H,4-8,11H2,1-3H3,(H,20,24)(H,25,26,27). The number of imide groups is 1. The molecule has 9 nitrogen and oxygen atoms in total. The summed E-state index contributed by atoms with van der Waals surface area (Å²) in [5, 5.41) is 2.56. The molecular formula is C19H29N3O6S. The van der Waals surface area contributed by atoms with Gasteiger partial charge in [-0.15, -0.1) is 0 Å². The molecule has 0 aromatic heterocycles. The van der Waals surface area contributed by atoms with Crippen molar-refractivity contribution in [1.82, 2.24) is 10.2 Å². The van der Waals surface area contributed by atoms with Crippen LogP contribution in [-0.2, 0) is 21.5 Å². The van der Waals surface area contributed by atoms with Crippen LogP contribution < -0.4 is 14.8 Å². The van der Waals surface area contributed by atoms with E-state index in [9.17, 15) is 18.0 Å². The van der Waals surface area contributed by atoms with Crippen LogP contribution in [0.1, 0.15) is 44.6 Å². The molecule has 0 saturated heterocycles. The highest BCUT2D eigenvalue weighted by Crippen LogP contribution is 2.29. The molecule has 1 aliphatic rings. The number of nitrogens with one attached hydrogen (secondary N) is 2. The second-order valence-corrected chi connectivity index (χ2v) is 8.43. The van der Waals surface area contributed by atoms with Crippen LogP contribution >= 0.6 is 0 Å². The van der Waals surface area contributed by atoms with Crippen LogP contribution in [-0.4, -0.2) is 50.0 Å². The van der Waals surface area contributed by atoms with Gasteiger partial charge in [0.1, 0.15) is 5.75 Å². The Morgan fingerprint density at radius 2 is 1.93 bits per heavy atom. The molecule has 1 atom stereocenters. The summed E-state index contributed by atoms with van der Waals surface area (Å²) in [7, 11) is -1.59. The number of rotatable bonds is 7. The molecule has 1 unspecified atom stereocenters. The van der Waals surface area contributed by atoms with E-state index in [1.54, 1.807) is 19.1 Å². The molecule has 1 aromatic carbocycles. The monoisotopic (exact) mass is 427 g/mol. The van der Waals surface area contributed by atoms with E-state index in [2.05, 4.69) is 5.32 Å². The Morgan fingerprint density at radius 3 is 2.48 bits per heavy atom. The number of benzene rings is 1. The molecule has 29 heavy (non-hydrogen) atoms. The van der Waals surface area contributed by atoms with Crippen molar-refractivity contribution in [3.8, 4) is 5.75 Å². The fourth-order valence-electron chi connectivity index (χ4n) is 3.68. The van der Waals surface area contributed by atoms with E-state index in [0.29, 0.717) is 12.0 Å². The normalized spacial score (nSPS) is 16.0. The van der Waals surface area contributed by atoms with E-state index < -0.39 is 22.3 Å². The molecule has 1 aliphatic carbocycles. The number of ether oxygens (including phenoxy) is 1. The molecule has 3 amide bonds. The maximum Gasteiger partial charge on any atom is 0.357 e. The third-order valence-electron chi connectivity index (χ3n) is 5.08. The van der Waals surface area contributed by atoms with Gasteiger partial charge in [-0.05, 0) is 37.0 Å². The highest BCUT2D eigenvalue weighted by molar-refractivity contribution is 7.87. The van der Waals surface area contributed by atoms with E-state index in [0.717, 1.165) is 32.1 Å². The van der Waals surface area contributed by atoms with Crippen molar-refractivity contribution in [2.45, 2.75) is 51.5 Å². The average Bonchev–Trinajstić information content (AvgIpc) is 2.67. The lowest BCUT2D eigenvalue weighted by atomic mass is 9.92. The van der Waals surface area contributed by atoms with Crippen LogP contribution in [0.25, 0.3) is 0 Å². The number of methoxy groups -OCH3 is 1. The van der Waals surface area contributed by atoms with E-state index in [1.165, 1.54) is 25.1 Å². The van der Waals surface area contributed by atoms with Crippen molar-refractivity contribution >= 4 is 27.9 Å². The largest absolute Gasteiger partial charge is 0.495 e. The fraction of sp³-hybridized carbons (Fsp3) is 0.579. The average molecular weight is 428 g/mol. The number of hydrogen-bond acceptors (Lipinski definition) is 5. The van der Waals surface area contributed by atoms with Gasteiger partial charge in [0.25, 0.3) is 0 Å². The van der Waals surface area contributed by atoms with Gasteiger partial charge in [-0.3, -0.25) is 19.0 Å². The minimum Gasteiger partial charge on any atom is -0.495 e. The number of carbonyl (C=O) groups excluding carboxylic acids is 2. The topological polar surface area (TPSA) is 125 Å². The number of anilines is 1. The minimum absolute atomic E-state index is 0.0718. The highest BCUT2D eigenvalue weighted by Gasteiger charge is 2.33. The van der Waals surface area contributed by atoms with Gasteiger partial charge in [0, 0.05) is 19.0 Å². The molecule has 0 bridgehead atoms. The Kier molecular flexibility index (Phi) is 7.86. The van der Waals surface area contributed by atoms with Crippen molar-refractivity contribution in [1.29, 1.82) is 0 Å². The molecule has 1 fully saturated rings. The smallest absolute Gasteiger partial charge is 0.357 e. The summed E-state index contributed by atoms with van der Waals surface area (Å²) < 4.78 is 38.5. The maximum absolute atomic E-state index is 13.1. The molecule has 3 N–H and O–H groups in total. The Bertz CT molecular complexity index is 836. The van der Waals surface area contributed by atoms with Crippen LogP contribution in [0.3, 0.4) is 0 Å². The highest BCUT2D eigenvalue weighted by atomic mass is 32.2. The number of urea groups is 1. The Hall–Kier alpha value is -2.33. The van der Waals surface area contributed by atoms with Crippen LogP contribution in [0, 0.1) is 5.92 Å². The minimum atomic E-state index is -4.47. The fourth-order valence-corrected chi connectivity index (χ4v) is 4.12. The van der Waals surface area contributed by atoms with Gasteiger partial charge in [-0.2, -0.15) is 8.42 Å². The van der Waals surface area contributed by atoms with Crippen molar-refractivity contribution in [3.63, 3.8) is 0 Å². The SMILES string of the molecule is CNC(=O)N(C(=O)C(C)Cc1ccc(OC)c(NS(=O)(=O)O)c1)C1CCCCC1. The Balaban J connectivity index is 2.20. The van der Waals surface area contributed by atoms with Crippen LogP contribution in [0.5, 0.6) is 5.75 Å². The zero-order valence-corrected chi connectivity index (χ0v) is 17.8. The van der Waals surface area contributed by atoms with Crippen LogP contribution in [0.4, 0.5) is 10.5 Å². The van der Waals surface area contributed by atoms with Crippen molar-refractivity contribution in [3.05, 3.63) is 23.8 Å². The zero-order chi connectivity index (χ0) is 21.6. The molecule has 0 radical (unpaired) electrons. The molecule has 0 spiro atoms. The summed E-state index contributed by atoms with van der Waals surface area (Å²) in [4.78, 5) is 26.8. The number of amides is 3. The van der Waals surface area contributed by atoms with Gasteiger partial charge in [-0.25, -0.2) is 4.79 Å². The Morgan fingerprint density at radius 1 is 1.28 bits per heavy atom. The predicted molar refractivity (Wildman–Crippen MR) is 109 cm³/mol. The third-order valence-corrected chi connectivity index (χ3v) is 5.55. The summed E-state index contributed by atoms with van der Waals surface area (Å²) in [5.41, 5.74) is 0.737. The van der Waals surface area contributed by atoms with E-state index in [4.69, 9.17) is 9.29 Å². The summed E-state index contributed by atoms with van der Waals surface area (Å²) >= 11 is 0. The van der Waals surface area contributed by atoms with Crippen LogP contribution in [0.2, 0.25) is 0 Å². The number of hydrogen-bond donors (Lipinski definition) is 3. The van der Waals surface area contributed by atoms with E-state index in [1.807, 2.05) is 4.72 Å². The molecular weight excluding hydrogens is 398 g/mol. The summed E-state index contributed by atoms with van der Waals surface area (Å²) in [6.07, 6.45) is 4.99. The molecule has 0 aliphatic heterocycles. The van der Waals surface area contributed by atoms with Crippen molar-refractivity contribution < 1.29 is 27.3 Å². The molecule has 1 saturated carbocycles. The quantitative estimate of drug-likeness (QED) is 0.575. The third kappa shape index (κ3) is 6.33. The first-order valence-corrected chi connectivity index (χ1v) is 11.1. The summed E-state index contributed by atoms with van der Waals surface area (Å²) in [5.74, 6) is -0.530. The second kappa shape index (κ2) is 9.93. The molecule has 1 aromatic rings. The van der Waals surface area contributed by atoms with Gasteiger partial charge in [0.05, 0.1) is 12.8 Å². The summed E-state index contributed by atoms with van der Waals surface area (Å²) in [6.45, 7) is 1.74. The van der Waals surface area contributed by atoms with Crippen molar-refractivity contribution in [2.24, 2.45) is 5.92 Å².